The van der Waals surface area contributed by atoms with Gasteiger partial charge in [-0.05, 0) is 44.1 Å². The molecule has 7 heteroatoms. The van der Waals surface area contributed by atoms with E-state index in [9.17, 15) is 24.6 Å². The van der Waals surface area contributed by atoms with Crippen LogP contribution in [-0.2, 0) is 14.3 Å². The van der Waals surface area contributed by atoms with Crippen molar-refractivity contribution in [2.45, 2.75) is 232 Å². The Bertz CT molecular complexity index is 1100. The molecule has 0 saturated heterocycles. The Morgan fingerprint density at radius 1 is 0.582 bits per heavy atom. The van der Waals surface area contributed by atoms with Gasteiger partial charge in [-0.2, -0.15) is 0 Å². The minimum Gasteiger partial charge on any atom is -0.455 e. The Kier molecular flexibility index (Phi) is 30.3. The van der Waals surface area contributed by atoms with Crippen LogP contribution in [-0.4, -0.2) is 40.1 Å². The molecule has 0 aliphatic heterocycles. The van der Waals surface area contributed by atoms with Crippen LogP contribution in [0.4, 0.5) is 0 Å². The molecule has 0 radical (unpaired) electrons. The van der Waals surface area contributed by atoms with E-state index < -0.39 is 11.7 Å². The van der Waals surface area contributed by atoms with Crippen molar-refractivity contribution in [3.8, 4) is 0 Å². The lowest BCUT2D eigenvalue weighted by Crippen LogP contribution is -2.31. The Hall–Kier alpha value is -2.25. The lowest BCUT2D eigenvalue weighted by Gasteiger charge is -2.28. The number of rotatable bonds is 38. The molecule has 0 fully saturated rings. The van der Waals surface area contributed by atoms with Crippen LogP contribution in [0.25, 0.3) is 0 Å². The van der Waals surface area contributed by atoms with E-state index in [1.54, 1.807) is 24.3 Å². The number of ketones is 1. The van der Waals surface area contributed by atoms with E-state index in [1.807, 2.05) is 0 Å². The minimum absolute atomic E-state index is 0.175. The lowest BCUT2D eigenvalue weighted by molar-refractivity contribution is -0.151. The summed E-state index contributed by atoms with van der Waals surface area (Å²) in [5.74, 6) is 0.813. The molecule has 3 atom stereocenters. The first kappa shape index (κ1) is 50.8. The maximum Gasteiger partial charge on any atom is 0.306 e. The smallest absolute Gasteiger partial charge is 0.306 e. The molecular formula is C48H85NO6. The summed E-state index contributed by atoms with van der Waals surface area (Å²) in [6, 6.07) is 6.53. The number of aliphatic hydroxyl groups is 2. The van der Waals surface area contributed by atoms with Crippen molar-refractivity contribution >= 4 is 17.7 Å². The number of primary amides is 1. The number of Topliss-reactive ketones (excluding diaryl/α,β-unsaturated/α-hetero) is 1. The van der Waals surface area contributed by atoms with Crippen LogP contribution in [0, 0.1) is 11.8 Å². The zero-order valence-electron chi connectivity index (χ0n) is 36.1. The topological polar surface area (TPSA) is 127 Å². The van der Waals surface area contributed by atoms with E-state index >= 15 is 0 Å². The molecule has 1 amide bonds. The number of carbonyl (C=O) groups is 3. The maximum absolute atomic E-state index is 12.6. The zero-order chi connectivity index (χ0) is 40.6. The highest BCUT2D eigenvalue weighted by atomic mass is 16.6. The fourth-order valence-electron chi connectivity index (χ4n) is 8.03. The summed E-state index contributed by atoms with van der Waals surface area (Å²) >= 11 is 0. The number of carbonyl (C=O) groups excluding carboxylic acids is 3. The van der Waals surface area contributed by atoms with Crippen LogP contribution in [0.1, 0.15) is 242 Å². The van der Waals surface area contributed by atoms with Gasteiger partial charge in [-0.25, -0.2) is 0 Å². The van der Waals surface area contributed by atoms with E-state index in [-0.39, 0.29) is 24.3 Å². The monoisotopic (exact) mass is 772 g/mol. The fourth-order valence-corrected chi connectivity index (χ4v) is 8.03. The SMILES string of the molecule is CCCCCCCCC(CCCCCCCCC(N)=O)C(CCCCCCCC)CCCCCCCCC(=O)OC(CO)c1ccc(C(=O)C(C)(C)O)cc1. The normalized spacial score (nSPS) is 13.4. The zero-order valence-corrected chi connectivity index (χ0v) is 36.1. The summed E-state index contributed by atoms with van der Waals surface area (Å²) in [5, 5.41) is 19.9. The molecule has 0 saturated carbocycles. The van der Waals surface area contributed by atoms with E-state index in [0.717, 1.165) is 43.9 Å². The number of aliphatic hydroxyl groups excluding tert-OH is 1. The predicted octanol–water partition coefficient (Wildman–Crippen LogP) is 12.7. The van der Waals surface area contributed by atoms with E-state index in [2.05, 4.69) is 13.8 Å². The van der Waals surface area contributed by atoms with Crippen molar-refractivity contribution in [3.05, 3.63) is 35.4 Å². The summed E-state index contributed by atoms with van der Waals surface area (Å²) in [6.07, 6.45) is 35.8. The molecule has 1 aromatic carbocycles. The molecule has 0 aromatic heterocycles. The van der Waals surface area contributed by atoms with E-state index in [1.165, 1.54) is 162 Å². The number of unbranched alkanes of at least 4 members (excludes halogenated alkanes) is 20. The summed E-state index contributed by atoms with van der Waals surface area (Å²) in [4.78, 5) is 36.0. The van der Waals surface area contributed by atoms with Crippen molar-refractivity contribution in [2.24, 2.45) is 17.6 Å². The van der Waals surface area contributed by atoms with Gasteiger partial charge in [0.25, 0.3) is 0 Å². The highest BCUT2D eigenvalue weighted by Gasteiger charge is 2.26. The first-order valence-electron chi connectivity index (χ1n) is 23.0. The van der Waals surface area contributed by atoms with Crippen LogP contribution in [0.5, 0.6) is 0 Å². The van der Waals surface area contributed by atoms with Gasteiger partial charge in [0.15, 0.2) is 5.78 Å². The van der Waals surface area contributed by atoms with Crippen LogP contribution in [0.2, 0.25) is 0 Å². The highest BCUT2D eigenvalue weighted by Crippen LogP contribution is 2.34. The standard InChI is InChI=1S/C48H85NO6/c1-5-7-9-11-17-23-29-40(31-25-19-13-15-21-27-33-45(49)51)41(30-24-18-12-10-8-6-2)32-26-20-14-16-22-28-34-46(52)55-44(39-50)42-35-37-43(38-36-42)47(53)48(3,4)54/h35-38,40-41,44,50,54H,5-34,39H2,1-4H3,(H2,49,51). The molecule has 1 aromatic rings. The third kappa shape index (κ3) is 26.3. The van der Waals surface area contributed by atoms with E-state index in [0.29, 0.717) is 24.0 Å². The quantitative estimate of drug-likeness (QED) is 0.0349. The third-order valence-corrected chi connectivity index (χ3v) is 11.5. The third-order valence-electron chi connectivity index (χ3n) is 11.5. The number of benzene rings is 1. The van der Waals surface area contributed by atoms with Gasteiger partial charge in [-0.3, -0.25) is 14.4 Å². The highest BCUT2D eigenvalue weighted by molar-refractivity contribution is 6.01. The Labute approximate surface area is 337 Å². The Morgan fingerprint density at radius 2 is 0.945 bits per heavy atom. The van der Waals surface area contributed by atoms with Gasteiger partial charge < -0.3 is 20.7 Å². The van der Waals surface area contributed by atoms with Gasteiger partial charge in [-0.1, -0.05) is 205 Å². The molecule has 0 spiro atoms. The van der Waals surface area contributed by atoms with Gasteiger partial charge in [-0.15, -0.1) is 0 Å². The molecule has 0 aliphatic carbocycles. The van der Waals surface area contributed by atoms with Gasteiger partial charge in [0, 0.05) is 18.4 Å². The number of nitrogens with two attached hydrogens (primary N) is 1. The van der Waals surface area contributed by atoms with Crippen LogP contribution >= 0.6 is 0 Å². The minimum atomic E-state index is -1.47. The first-order chi connectivity index (χ1) is 26.5. The summed E-state index contributed by atoms with van der Waals surface area (Å²) < 4.78 is 5.59. The molecule has 0 bridgehead atoms. The number of ether oxygens (including phenoxy) is 1. The number of hydrogen-bond acceptors (Lipinski definition) is 6. The van der Waals surface area contributed by atoms with Crippen LogP contribution in [0.3, 0.4) is 0 Å². The van der Waals surface area contributed by atoms with Crippen molar-refractivity contribution in [3.63, 3.8) is 0 Å². The fraction of sp³-hybridized carbons (Fsp3) is 0.812. The Balaban J connectivity index is 2.56. The average molecular weight is 772 g/mol. The predicted molar refractivity (Wildman–Crippen MR) is 229 cm³/mol. The van der Waals surface area contributed by atoms with Crippen molar-refractivity contribution in [2.75, 3.05) is 6.61 Å². The molecule has 4 N–H and O–H groups in total. The summed E-state index contributed by atoms with van der Waals surface area (Å²) in [7, 11) is 0. The molecule has 7 nitrogen and oxygen atoms in total. The maximum atomic E-state index is 12.6. The second-order valence-corrected chi connectivity index (χ2v) is 17.1. The molecule has 1 rings (SSSR count). The molecule has 0 heterocycles. The summed E-state index contributed by atoms with van der Waals surface area (Å²) in [6.45, 7) is 7.16. The molecule has 3 unspecified atom stereocenters. The number of esters is 1. The molecular weight excluding hydrogens is 687 g/mol. The largest absolute Gasteiger partial charge is 0.455 e. The number of amides is 1. The van der Waals surface area contributed by atoms with E-state index in [4.69, 9.17) is 10.5 Å². The second kappa shape index (κ2) is 32.8. The molecule has 0 aliphatic rings. The van der Waals surface area contributed by atoms with Crippen molar-refractivity contribution in [1.82, 2.24) is 0 Å². The number of hydrogen-bond donors (Lipinski definition) is 3. The van der Waals surface area contributed by atoms with Crippen LogP contribution < -0.4 is 5.73 Å². The first-order valence-corrected chi connectivity index (χ1v) is 23.0. The molecule has 55 heavy (non-hydrogen) atoms. The van der Waals surface area contributed by atoms with Gasteiger partial charge >= 0.3 is 5.97 Å². The van der Waals surface area contributed by atoms with Crippen molar-refractivity contribution in [1.29, 1.82) is 0 Å². The van der Waals surface area contributed by atoms with Gasteiger partial charge in [0.2, 0.25) is 5.91 Å². The average Bonchev–Trinajstić information content (AvgIpc) is 3.16. The Morgan fingerprint density at radius 3 is 1.31 bits per heavy atom. The summed E-state index contributed by atoms with van der Waals surface area (Å²) in [5.41, 5.74) is 4.85. The molecule has 318 valence electrons. The second-order valence-electron chi connectivity index (χ2n) is 17.1. The van der Waals surface area contributed by atoms with Gasteiger partial charge in [0.05, 0.1) is 6.61 Å². The van der Waals surface area contributed by atoms with Gasteiger partial charge in [0.1, 0.15) is 11.7 Å². The van der Waals surface area contributed by atoms with Crippen molar-refractivity contribution < 1.29 is 29.3 Å². The lowest BCUT2D eigenvalue weighted by atomic mass is 9.78. The van der Waals surface area contributed by atoms with Crippen LogP contribution in [0.15, 0.2) is 24.3 Å².